The summed E-state index contributed by atoms with van der Waals surface area (Å²) in [5.74, 6) is -0.231. The number of hydrogen-bond acceptors (Lipinski definition) is 2. The zero-order valence-electron chi connectivity index (χ0n) is 18.1. The van der Waals surface area contributed by atoms with Gasteiger partial charge < -0.3 is 0 Å². The Kier molecular flexibility index (Phi) is 5.96. The molecular weight excluding hydrogens is 375 g/mol. The first-order valence-electron chi connectivity index (χ1n) is 10.3. The second-order valence-electron chi connectivity index (χ2n) is 7.88. The number of hydrogen-bond donors (Lipinski definition) is 0. The Balaban J connectivity index is 2.67. The van der Waals surface area contributed by atoms with Crippen molar-refractivity contribution in [3.8, 4) is 0 Å². The summed E-state index contributed by atoms with van der Waals surface area (Å²) < 4.78 is 6.76. The minimum atomic E-state index is -3.54. The van der Waals surface area contributed by atoms with Gasteiger partial charge in [-0.25, -0.2) is 0 Å². The summed E-state index contributed by atoms with van der Waals surface area (Å²) in [6.07, 6.45) is 1.69. The van der Waals surface area contributed by atoms with E-state index < -0.39 is 6.83 Å². The minimum absolute atomic E-state index is 0.231. The van der Waals surface area contributed by atoms with Crippen LogP contribution in [0.3, 0.4) is 0 Å². The van der Waals surface area contributed by atoms with Crippen LogP contribution in [-0.4, -0.2) is 12.1 Å². The number of benzene rings is 3. The first-order chi connectivity index (χ1) is 13.9. The van der Waals surface area contributed by atoms with Gasteiger partial charge in [0.2, 0.25) is 0 Å². The van der Waals surface area contributed by atoms with Gasteiger partial charge in [0, 0.05) is 0 Å². The number of rotatable bonds is 6. The third-order valence-corrected chi connectivity index (χ3v) is 12.4. The zero-order valence-corrected chi connectivity index (χ0v) is 19.0. The number of carbonyl (C=O) groups is 1. The molecule has 3 rings (SSSR count). The van der Waals surface area contributed by atoms with Gasteiger partial charge in [-0.2, -0.15) is 0 Å². The summed E-state index contributed by atoms with van der Waals surface area (Å²) in [6, 6.07) is 25.3. The van der Waals surface area contributed by atoms with E-state index >= 15 is 0 Å². The first-order valence-corrected chi connectivity index (χ1v) is 12.6. The molecule has 0 heterocycles. The standard InChI is InChI=1S/C26H31O2P/c1-6-19-29(28-23(5)27,24-16-10-7-13-20(24)2,25-17-11-8-14-21(25)3)26-18-12-9-15-22(26)4/h7-18H,6,19H2,1-5H3. The summed E-state index contributed by atoms with van der Waals surface area (Å²) in [5, 5.41) is 3.46. The van der Waals surface area contributed by atoms with Crippen LogP contribution in [0.2, 0.25) is 0 Å². The van der Waals surface area contributed by atoms with Crippen molar-refractivity contribution in [2.45, 2.75) is 41.0 Å². The Morgan fingerprint density at radius 2 is 1.07 bits per heavy atom. The van der Waals surface area contributed by atoms with Gasteiger partial charge in [0.1, 0.15) is 0 Å². The Hall–Kier alpha value is -2.44. The maximum absolute atomic E-state index is 12.8. The topological polar surface area (TPSA) is 26.3 Å². The number of aryl methyl sites for hydroxylation is 3. The summed E-state index contributed by atoms with van der Waals surface area (Å²) in [7, 11) is 0. The van der Waals surface area contributed by atoms with E-state index in [1.807, 2.05) is 0 Å². The van der Waals surface area contributed by atoms with E-state index in [0.29, 0.717) is 0 Å². The predicted molar refractivity (Wildman–Crippen MR) is 126 cm³/mol. The molecule has 0 spiro atoms. The third-order valence-electron chi connectivity index (χ3n) is 5.86. The van der Waals surface area contributed by atoms with Gasteiger partial charge in [0.25, 0.3) is 0 Å². The molecule has 3 aromatic carbocycles. The van der Waals surface area contributed by atoms with Crippen molar-refractivity contribution in [2.75, 3.05) is 6.16 Å². The molecule has 0 amide bonds. The average Bonchev–Trinajstić information content (AvgIpc) is 2.68. The molecule has 0 aliphatic heterocycles. The van der Waals surface area contributed by atoms with Gasteiger partial charge in [0.05, 0.1) is 0 Å². The average molecular weight is 407 g/mol. The molecule has 3 heteroatoms. The van der Waals surface area contributed by atoms with Crippen LogP contribution >= 0.6 is 6.83 Å². The van der Waals surface area contributed by atoms with Crippen LogP contribution in [0.5, 0.6) is 0 Å². The van der Waals surface area contributed by atoms with Crippen molar-refractivity contribution < 1.29 is 9.32 Å². The van der Waals surface area contributed by atoms with Crippen molar-refractivity contribution in [1.29, 1.82) is 0 Å². The molecule has 0 saturated carbocycles. The molecule has 152 valence electrons. The molecule has 0 saturated heterocycles. The SMILES string of the molecule is CCCP(OC(C)=O)(c1ccccc1C)(c1ccccc1C)c1ccccc1C. The van der Waals surface area contributed by atoms with Crippen LogP contribution in [0, 0.1) is 20.8 Å². The van der Waals surface area contributed by atoms with E-state index in [0.717, 1.165) is 45.2 Å². The van der Waals surface area contributed by atoms with Crippen LogP contribution in [0.1, 0.15) is 37.0 Å². The molecule has 0 atom stereocenters. The van der Waals surface area contributed by atoms with E-state index in [1.54, 1.807) is 6.92 Å². The monoisotopic (exact) mass is 406 g/mol. The molecule has 0 aliphatic carbocycles. The van der Waals surface area contributed by atoms with Crippen LogP contribution in [0.15, 0.2) is 72.8 Å². The predicted octanol–water partition coefficient (Wildman–Crippen LogP) is 5.33. The Bertz CT molecular complexity index is 924. The van der Waals surface area contributed by atoms with Crippen molar-refractivity contribution in [3.63, 3.8) is 0 Å². The van der Waals surface area contributed by atoms with Gasteiger partial charge in [-0.3, -0.25) is 0 Å². The summed E-state index contributed by atoms with van der Waals surface area (Å²) in [4.78, 5) is 12.8. The Morgan fingerprint density at radius 1 is 0.724 bits per heavy atom. The summed E-state index contributed by atoms with van der Waals surface area (Å²) in [6.45, 7) is 6.58. The van der Waals surface area contributed by atoms with Crippen LogP contribution in [0.4, 0.5) is 0 Å². The molecule has 0 bridgehead atoms. The molecular formula is C26H31O2P. The van der Waals surface area contributed by atoms with Gasteiger partial charge in [-0.05, 0) is 0 Å². The second-order valence-corrected chi connectivity index (χ2v) is 12.4. The fourth-order valence-corrected chi connectivity index (χ4v) is 11.9. The summed E-state index contributed by atoms with van der Waals surface area (Å²) in [5.41, 5.74) is 3.48. The first kappa shape index (κ1) is 21.3. The zero-order chi connectivity index (χ0) is 21.1. The normalized spacial score (nSPS) is 12.8. The molecule has 0 fully saturated rings. The van der Waals surface area contributed by atoms with Crippen molar-refractivity contribution in [2.24, 2.45) is 0 Å². The Morgan fingerprint density at radius 3 is 1.34 bits per heavy atom. The molecule has 29 heavy (non-hydrogen) atoms. The van der Waals surface area contributed by atoms with Crippen molar-refractivity contribution >= 4 is 28.7 Å². The fraction of sp³-hybridized carbons (Fsp3) is 0.269. The van der Waals surface area contributed by atoms with E-state index in [4.69, 9.17) is 4.52 Å². The molecule has 0 aliphatic rings. The van der Waals surface area contributed by atoms with Gasteiger partial charge >= 0.3 is 175 Å². The quantitative estimate of drug-likeness (QED) is 0.517. The number of carbonyl (C=O) groups excluding carboxylic acids is 1. The van der Waals surface area contributed by atoms with Crippen molar-refractivity contribution in [3.05, 3.63) is 89.5 Å². The molecule has 2 nitrogen and oxygen atoms in total. The van der Waals surface area contributed by atoms with Gasteiger partial charge in [0.15, 0.2) is 0 Å². The molecule has 3 aromatic rings. The molecule has 0 aromatic heterocycles. The van der Waals surface area contributed by atoms with Crippen LogP contribution < -0.4 is 15.9 Å². The summed E-state index contributed by atoms with van der Waals surface area (Å²) >= 11 is 0. The molecule has 0 unspecified atom stereocenters. The van der Waals surface area contributed by atoms with Crippen LogP contribution in [-0.2, 0) is 9.32 Å². The van der Waals surface area contributed by atoms with E-state index in [9.17, 15) is 4.79 Å². The fourth-order valence-electron chi connectivity index (χ4n) is 4.94. The van der Waals surface area contributed by atoms with E-state index in [-0.39, 0.29) is 5.97 Å². The third kappa shape index (κ3) is 3.30. The molecule has 0 N–H and O–H groups in total. The van der Waals surface area contributed by atoms with Gasteiger partial charge in [-0.15, -0.1) is 0 Å². The molecule has 0 radical (unpaired) electrons. The maximum atomic E-state index is 12.8. The Labute approximate surface area is 174 Å². The van der Waals surface area contributed by atoms with E-state index in [2.05, 4.69) is 100 Å². The second kappa shape index (κ2) is 8.13. The van der Waals surface area contributed by atoms with E-state index in [1.165, 1.54) is 0 Å². The van der Waals surface area contributed by atoms with Gasteiger partial charge in [-0.1, -0.05) is 0 Å². The van der Waals surface area contributed by atoms with Crippen molar-refractivity contribution in [1.82, 2.24) is 0 Å². The van der Waals surface area contributed by atoms with Crippen LogP contribution in [0.25, 0.3) is 0 Å².